The fraction of sp³-hybridized carbons (Fsp3) is 0.769. The van der Waals surface area contributed by atoms with Gasteiger partial charge in [-0.25, -0.2) is 4.79 Å². The average Bonchev–Trinajstić information content (AvgIpc) is 2.87. The van der Waals surface area contributed by atoms with Gasteiger partial charge in [0.05, 0.1) is 19.4 Å². The molecule has 1 saturated heterocycles. The molecule has 7 heteroatoms. The zero-order chi connectivity index (χ0) is 15.3. The van der Waals surface area contributed by atoms with Crippen LogP contribution in [0.4, 0.5) is 4.79 Å². The van der Waals surface area contributed by atoms with Gasteiger partial charge in [0.25, 0.3) is 0 Å². The van der Waals surface area contributed by atoms with E-state index in [9.17, 15) is 14.4 Å². The molecular formula is C13H22N2O5. The summed E-state index contributed by atoms with van der Waals surface area (Å²) in [5, 5.41) is 8.81. The Labute approximate surface area is 118 Å². The van der Waals surface area contributed by atoms with E-state index >= 15 is 0 Å². The lowest BCUT2D eigenvalue weighted by Gasteiger charge is -2.31. The molecule has 1 rings (SSSR count). The lowest BCUT2D eigenvalue weighted by Crippen LogP contribution is -2.47. The molecule has 2 atom stereocenters. The number of aliphatic carboxylic acids is 1. The predicted molar refractivity (Wildman–Crippen MR) is 71.2 cm³/mol. The third-order valence-corrected chi connectivity index (χ3v) is 3.58. The van der Waals surface area contributed by atoms with Crippen LogP contribution in [0.3, 0.4) is 0 Å². The summed E-state index contributed by atoms with van der Waals surface area (Å²) in [6, 6.07) is -0.588. The smallest absolute Gasteiger partial charge is 0.320 e. The summed E-state index contributed by atoms with van der Waals surface area (Å²) in [6.07, 6.45) is 0.497. The highest BCUT2D eigenvalue weighted by atomic mass is 16.5. The third kappa shape index (κ3) is 3.85. The van der Waals surface area contributed by atoms with E-state index in [1.54, 1.807) is 11.8 Å². The number of ether oxygens (including phenoxy) is 1. The molecule has 114 valence electrons. The number of carbonyl (C=O) groups is 3. The van der Waals surface area contributed by atoms with Gasteiger partial charge in [-0.2, -0.15) is 0 Å². The maximum Gasteiger partial charge on any atom is 0.320 e. The molecular weight excluding hydrogens is 264 g/mol. The Balaban J connectivity index is 2.64. The average molecular weight is 286 g/mol. The van der Waals surface area contributed by atoms with Crippen LogP contribution in [-0.2, 0) is 14.3 Å². The van der Waals surface area contributed by atoms with Crippen LogP contribution in [0.1, 0.15) is 26.7 Å². The minimum absolute atomic E-state index is 0.0894. The molecule has 1 fully saturated rings. The van der Waals surface area contributed by atoms with Crippen molar-refractivity contribution in [3.8, 4) is 0 Å². The van der Waals surface area contributed by atoms with Crippen LogP contribution >= 0.6 is 0 Å². The van der Waals surface area contributed by atoms with Gasteiger partial charge in [0.15, 0.2) is 0 Å². The number of methoxy groups -OCH3 is 1. The van der Waals surface area contributed by atoms with Crippen LogP contribution in [0.5, 0.6) is 0 Å². The Morgan fingerprint density at radius 3 is 2.60 bits per heavy atom. The van der Waals surface area contributed by atoms with E-state index in [-0.39, 0.29) is 30.4 Å². The minimum Gasteiger partial charge on any atom is -0.481 e. The highest BCUT2D eigenvalue weighted by molar-refractivity contribution is 5.79. The number of nitrogens with zero attached hydrogens (tertiary/aromatic N) is 2. The monoisotopic (exact) mass is 286 g/mol. The minimum atomic E-state index is -0.933. The number of amides is 2. The third-order valence-electron chi connectivity index (χ3n) is 3.58. The summed E-state index contributed by atoms with van der Waals surface area (Å²) >= 11 is 0. The van der Waals surface area contributed by atoms with Crippen LogP contribution in [-0.4, -0.2) is 65.7 Å². The van der Waals surface area contributed by atoms with Crippen molar-refractivity contribution < 1.29 is 24.2 Å². The highest BCUT2D eigenvalue weighted by Crippen LogP contribution is 2.20. The standard InChI is InChI=1S/C13H22N2O5/c1-4-15(9(2)7-11(16)17)13(19)14-6-5-10(8-14)12(18)20-3/h9-10H,4-8H2,1-3H3,(H,16,17). The number of hydrogen-bond acceptors (Lipinski definition) is 4. The largest absolute Gasteiger partial charge is 0.481 e. The summed E-state index contributed by atoms with van der Waals surface area (Å²) in [5.41, 5.74) is 0. The molecule has 20 heavy (non-hydrogen) atoms. The first kappa shape index (κ1) is 16.3. The normalized spacial score (nSPS) is 19.6. The molecule has 2 unspecified atom stereocenters. The molecule has 1 N–H and O–H groups in total. The molecule has 1 heterocycles. The van der Waals surface area contributed by atoms with Crippen molar-refractivity contribution in [2.45, 2.75) is 32.7 Å². The lowest BCUT2D eigenvalue weighted by atomic mass is 10.1. The van der Waals surface area contributed by atoms with E-state index in [1.165, 1.54) is 12.0 Å². The van der Waals surface area contributed by atoms with Crippen LogP contribution in [0.2, 0.25) is 0 Å². The highest BCUT2D eigenvalue weighted by Gasteiger charge is 2.34. The topological polar surface area (TPSA) is 87.2 Å². The number of likely N-dealkylation sites (tertiary alicyclic amines) is 1. The van der Waals surface area contributed by atoms with Gasteiger partial charge in [-0.15, -0.1) is 0 Å². The fourth-order valence-corrected chi connectivity index (χ4v) is 2.47. The van der Waals surface area contributed by atoms with E-state index in [0.29, 0.717) is 26.1 Å². The van der Waals surface area contributed by atoms with Gasteiger partial charge in [0, 0.05) is 25.7 Å². The second-order valence-electron chi connectivity index (χ2n) is 4.97. The first-order chi connectivity index (χ1) is 9.40. The van der Waals surface area contributed by atoms with Gasteiger partial charge in [0.2, 0.25) is 0 Å². The van der Waals surface area contributed by atoms with E-state index in [1.807, 2.05) is 6.92 Å². The molecule has 0 aromatic carbocycles. The van der Waals surface area contributed by atoms with Gasteiger partial charge in [-0.05, 0) is 20.3 Å². The summed E-state index contributed by atoms with van der Waals surface area (Å²) < 4.78 is 4.68. The van der Waals surface area contributed by atoms with Gasteiger partial charge >= 0.3 is 18.0 Å². The maximum absolute atomic E-state index is 12.4. The number of rotatable bonds is 5. The summed E-state index contributed by atoms with van der Waals surface area (Å²) in [5.74, 6) is -1.52. The maximum atomic E-state index is 12.4. The van der Waals surface area contributed by atoms with Crippen molar-refractivity contribution in [2.24, 2.45) is 5.92 Å². The van der Waals surface area contributed by atoms with E-state index in [2.05, 4.69) is 4.74 Å². The number of carbonyl (C=O) groups excluding carboxylic acids is 2. The van der Waals surface area contributed by atoms with Crippen molar-refractivity contribution in [2.75, 3.05) is 26.7 Å². The Morgan fingerprint density at radius 2 is 2.10 bits per heavy atom. The Bertz CT molecular complexity index is 385. The van der Waals surface area contributed by atoms with Gasteiger partial charge in [-0.1, -0.05) is 0 Å². The molecule has 0 bridgehead atoms. The van der Waals surface area contributed by atoms with Gasteiger partial charge in [-0.3, -0.25) is 9.59 Å². The number of esters is 1. The molecule has 0 saturated carbocycles. The van der Waals surface area contributed by atoms with Crippen LogP contribution < -0.4 is 0 Å². The van der Waals surface area contributed by atoms with Gasteiger partial charge in [0.1, 0.15) is 0 Å². The summed E-state index contributed by atoms with van der Waals surface area (Å²) in [7, 11) is 1.33. The van der Waals surface area contributed by atoms with Crippen molar-refractivity contribution in [3.05, 3.63) is 0 Å². The molecule has 0 aromatic rings. The quantitative estimate of drug-likeness (QED) is 0.755. The zero-order valence-corrected chi connectivity index (χ0v) is 12.2. The number of carboxylic acid groups (broad SMARTS) is 1. The number of hydrogen-bond donors (Lipinski definition) is 1. The van der Waals surface area contributed by atoms with Gasteiger partial charge < -0.3 is 19.6 Å². The molecule has 1 aliphatic rings. The molecule has 0 aliphatic carbocycles. The molecule has 1 aliphatic heterocycles. The lowest BCUT2D eigenvalue weighted by molar-refractivity contribution is -0.144. The Hall–Kier alpha value is -1.79. The number of carboxylic acids is 1. The second kappa shape index (κ2) is 7.12. The fourth-order valence-electron chi connectivity index (χ4n) is 2.47. The van der Waals surface area contributed by atoms with E-state index < -0.39 is 5.97 Å². The SMILES string of the molecule is CCN(C(=O)N1CCC(C(=O)OC)C1)C(C)CC(=O)O. The van der Waals surface area contributed by atoms with Crippen LogP contribution in [0, 0.1) is 5.92 Å². The molecule has 0 aromatic heterocycles. The Kier molecular flexibility index (Phi) is 5.79. The zero-order valence-electron chi connectivity index (χ0n) is 12.2. The predicted octanol–water partition coefficient (Wildman–Crippen LogP) is 0.786. The van der Waals surface area contributed by atoms with Crippen molar-refractivity contribution >= 4 is 18.0 Å². The second-order valence-corrected chi connectivity index (χ2v) is 4.97. The number of urea groups is 1. The molecule has 2 amide bonds. The van der Waals surface area contributed by atoms with E-state index in [4.69, 9.17) is 5.11 Å². The van der Waals surface area contributed by atoms with Crippen LogP contribution in [0.25, 0.3) is 0 Å². The van der Waals surface area contributed by atoms with Crippen LogP contribution in [0.15, 0.2) is 0 Å². The van der Waals surface area contributed by atoms with Crippen molar-refractivity contribution in [1.29, 1.82) is 0 Å². The summed E-state index contributed by atoms with van der Waals surface area (Å²) in [6.45, 7) is 4.79. The van der Waals surface area contributed by atoms with Crippen molar-refractivity contribution in [3.63, 3.8) is 0 Å². The van der Waals surface area contributed by atoms with Crippen molar-refractivity contribution in [1.82, 2.24) is 9.80 Å². The molecule has 7 nitrogen and oxygen atoms in total. The first-order valence-electron chi connectivity index (χ1n) is 6.75. The Morgan fingerprint density at radius 1 is 1.45 bits per heavy atom. The summed E-state index contributed by atoms with van der Waals surface area (Å²) in [4.78, 5) is 37.7. The van der Waals surface area contributed by atoms with E-state index in [0.717, 1.165) is 0 Å². The molecule has 0 radical (unpaired) electrons. The molecule has 0 spiro atoms. The first-order valence-corrected chi connectivity index (χ1v) is 6.75.